The zero-order valence-corrected chi connectivity index (χ0v) is 10.8. The highest BCUT2D eigenvalue weighted by Crippen LogP contribution is 2.31. The number of nitrogen functional groups attached to an aromatic ring is 1. The molecule has 17 heavy (non-hydrogen) atoms. The van der Waals surface area contributed by atoms with Gasteiger partial charge in [-0.1, -0.05) is 6.92 Å². The van der Waals surface area contributed by atoms with Gasteiger partial charge in [0.15, 0.2) is 0 Å². The SMILES string of the molecule is CCSC1CCC(Nc2ccnc(NN)n2)C1. The second kappa shape index (κ2) is 6.07. The first-order valence-electron chi connectivity index (χ1n) is 5.99. The summed E-state index contributed by atoms with van der Waals surface area (Å²) in [6, 6.07) is 2.40. The fourth-order valence-electron chi connectivity index (χ4n) is 2.18. The summed E-state index contributed by atoms with van der Waals surface area (Å²) in [6.45, 7) is 2.22. The number of nitrogens with one attached hydrogen (secondary N) is 2. The summed E-state index contributed by atoms with van der Waals surface area (Å²) in [6.07, 6.45) is 5.43. The molecule has 5 nitrogen and oxygen atoms in total. The average molecular weight is 253 g/mol. The summed E-state index contributed by atoms with van der Waals surface area (Å²) in [5, 5.41) is 4.24. The third-order valence-corrected chi connectivity index (χ3v) is 4.16. The molecule has 1 aliphatic carbocycles. The van der Waals surface area contributed by atoms with Crippen LogP contribution in [0.5, 0.6) is 0 Å². The van der Waals surface area contributed by atoms with Gasteiger partial charge in [0, 0.05) is 17.5 Å². The van der Waals surface area contributed by atoms with E-state index in [1.807, 2.05) is 6.07 Å². The minimum Gasteiger partial charge on any atom is -0.367 e. The van der Waals surface area contributed by atoms with E-state index in [1.165, 1.54) is 25.0 Å². The lowest BCUT2D eigenvalue weighted by Crippen LogP contribution is -2.18. The minimum absolute atomic E-state index is 0.451. The third-order valence-electron chi connectivity index (χ3n) is 2.92. The summed E-state index contributed by atoms with van der Waals surface area (Å²) in [5.41, 5.74) is 2.45. The van der Waals surface area contributed by atoms with Crippen LogP contribution in [0, 0.1) is 0 Å². The van der Waals surface area contributed by atoms with Gasteiger partial charge in [-0.15, -0.1) is 0 Å². The molecule has 0 aromatic carbocycles. The highest BCUT2D eigenvalue weighted by Gasteiger charge is 2.24. The second-order valence-electron chi connectivity index (χ2n) is 4.14. The number of rotatable bonds is 5. The van der Waals surface area contributed by atoms with Gasteiger partial charge in [-0.25, -0.2) is 10.8 Å². The van der Waals surface area contributed by atoms with Gasteiger partial charge < -0.3 is 5.32 Å². The summed E-state index contributed by atoms with van der Waals surface area (Å²) in [7, 11) is 0. The Morgan fingerprint density at radius 2 is 2.41 bits per heavy atom. The molecule has 0 saturated heterocycles. The van der Waals surface area contributed by atoms with E-state index in [2.05, 4.69) is 39.4 Å². The van der Waals surface area contributed by atoms with Crippen molar-refractivity contribution in [2.24, 2.45) is 5.84 Å². The number of hydrogen-bond acceptors (Lipinski definition) is 6. The van der Waals surface area contributed by atoms with Crippen LogP contribution in [0.25, 0.3) is 0 Å². The predicted molar refractivity (Wildman–Crippen MR) is 73.0 cm³/mol. The van der Waals surface area contributed by atoms with Crippen molar-refractivity contribution in [3.63, 3.8) is 0 Å². The lowest BCUT2D eigenvalue weighted by Gasteiger charge is -2.13. The molecular weight excluding hydrogens is 234 g/mol. The van der Waals surface area contributed by atoms with Gasteiger partial charge in [-0.05, 0) is 31.1 Å². The van der Waals surface area contributed by atoms with Gasteiger partial charge in [-0.2, -0.15) is 16.7 Å². The van der Waals surface area contributed by atoms with Crippen molar-refractivity contribution in [1.82, 2.24) is 9.97 Å². The lowest BCUT2D eigenvalue weighted by molar-refractivity contribution is 0.751. The van der Waals surface area contributed by atoms with Gasteiger partial charge >= 0.3 is 0 Å². The van der Waals surface area contributed by atoms with Crippen LogP contribution in [0.15, 0.2) is 12.3 Å². The zero-order valence-electron chi connectivity index (χ0n) is 10.0. The van der Waals surface area contributed by atoms with Gasteiger partial charge in [-0.3, -0.25) is 5.43 Å². The Balaban J connectivity index is 1.88. The summed E-state index contributed by atoms with van der Waals surface area (Å²) in [5.74, 6) is 7.78. The van der Waals surface area contributed by atoms with E-state index in [-0.39, 0.29) is 0 Å². The quantitative estimate of drug-likeness (QED) is 0.549. The maximum atomic E-state index is 5.28. The smallest absolute Gasteiger partial charge is 0.239 e. The number of hydrogen-bond donors (Lipinski definition) is 3. The van der Waals surface area contributed by atoms with Crippen molar-refractivity contribution in [3.8, 4) is 0 Å². The average Bonchev–Trinajstić information content (AvgIpc) is 2.77. The second-order valence-corrected chi connectivity index (χ2v) is 5.72. The maximum absolute atomic E-state index is 5.28. The van der Waals surface area contributed by atoms with E-state index in [4.69, 9.17) is 5.84 Å². The van der Waals surface area contributed by atoms with E-state index < -0.39 is 0 Å². The molecule has 0 radical (unpaired) electrons. The molecule has 2 unspecified atom stereocenters. The van der Waals surface area contributed by atoms with Crippen molar-refractivity contribution < 1.29 is 0 Å². The number of thioether (sulfide) groups is 1. The van der Waals surface area contributed by atoms with Crippen LogP contribution in [0.2, 0.25) is 0 Å². The maximum Gasteiger partial charge on any atom is 0.239 e. The molecule has 1 aromatic rings. The van der Waals surface area contributed by atoms with Crippen molar-refractivity contribution in [2.45, 2.75) is 37.5 Å². The van der Waals surface area contributed by atoms with Crippen LogP contribution in [0.4, 0.5) is 11.8 Å². The van der Waals surface area contributed by atoms with Crippen LogP contribution in [0.1, 0.15) is 26.2 Å². The molecule has 94 valence electrons. The first-order valence-corrected chi connectivity index (χ1v) is 7.04. The number of hydrazine groups is 1. The highest BCUT2D eigenvalue weighted by atomic mass is 32.2. The van der Waals surface area contributed by atoms with Crippen molar-refractivity contribution in [3.05, 3.63) is 12.3 Å². The molecule has 0 aliphatic heterocycles. The van der Waals surface area contributed by atoms with Gasteiger partial charge in [0.1, 0.15) is 5.82 Å². The van der Waals surface area contributed by atoms with E-state index in [0.717, 1.165) is 11.1 Å². The first-order chi connectivity index (χ1) is 8.31. The molecule has 0 bridgehead atoms. The Morgan fingerprint density at radius 3 is 3.18 bits per heavy atom. The van der Waals surface area contributed by atoms with Crippen molar-refractivity contribution in [2.75, 3.05) is 16.5 Å². The van der Waals surface area contributed by atoms with E-state index in [1.54, 1.807) is 6.20 Å². The summed E-state index contributed by atoms with van der Waals surface area (Å²) < 4.78 is 0. The van der Waals surface area contributed by atoms with Crippen molar-refractivity contribution >= 4 is 23.5 Å². The lowest BCUT2D eigenvalue weighted by atomic mass is 10.2. The molecule has 2 rings (SSSR count). The molecule has 0 amide bonds. The number of aromatic nitrogens is 2. The first kappa shape index (κ1) is 12.4. The molecule has 0 spiro atoms. The Labute approximate surface area is 106 Å². The van der Waals surface area contributed by atoms with Crippen LogP contribution in [-0.2, 0) is 0 Å². The van der Waals surface area contributed by atoms with Crippen LogP contribution < -0.4 is 16.6 Å². The molecule has 2 atom stereocenters. The largest absolute Gasteiger partial charge is 0.367 e. The highest BCUT2D eigenvalue weighted by molar-refractivity contribution is 7.99. The third kappa shape index (κ3) is 3.47. The van der Waals surface area contributed by atoms with E-state index in [0.29, 0.717) is 12.0 Å². The number of nitrogens with two attached hydrogens (primary N) is 1. The Morgan fingerprint density at radius 1 is 1.53 bits per heavy atom. The molecule has 6 heteroatoms. The molecule has 1 aliphatic rings. The Kier molecular flexibility index (Phi) is 4.44. The number of anilines is 2. The van der Waals surface area contributed by atoms with Crippen molar-refractivity contribution in [1.29, 1.82) is 0 Å². The standard InChI is InChI=1S/C11H19N5S/c1-2-17-9-4-3-8(7-9)14-10-5-6-13-11(15-10)16-12/h5-6,8-9H,2-4,7,12H2,1H3,(H2,13,14,15,16). The summed E-state index contributed by atoms with van der Waals surface area (Å²) in [4.78, 5) is 8.25. The van der Waals surface area contributed by atoms with Gasteiger partial charge in [0.05, 0.1) is 0 Å². The molecule has 4 N–H and O–H groups in total. The minimum atomic E-state index is 0.451. The van der Waals surface area contributed by atoms with Crippen LogP contribution in [-0.4, -0.2) is 27.0 Å². The molecule has 1 saturated carbocycles. The van der Waals surface area contributed by atoms with E-state index >= 15 is 0 Å². The Bertz CT molecular complexity index is 359. The predicted octanol–water partition coefficient (Wildman–Crippen LogP) is 1.85. The normalized spacial score (nSPS) is 23.6. The Hall–Kier alpha value is -1.01. The number of nitrogens with zero attached hydrogens (tertiary/aromatic N) is 2. The van der Waals surface area contributed by atoms with Crippen LogP contribution in [0.3, 0.4) is 0 Å². The van der Waals surface area contributed by atoms with Crippen LogP contribution >= 0.6 is 11.8 Å². The molecule has 1 aromatic heterocycles. The van der Waals surface area contributed by atoms with Gasteiger partial charge in [0.2, 0.25) is 5.95 Å². The molecular formula is C11H19N5S. The zero-order chi connectivity index (χ0) is 12.1. The fraction of sp³-hybridized carbons (Fsp3) is 0.636. The van der Waals surface area contributed by atoms with E-state index in [9.17, 15) is 0 Å². The molecule has 1 fully saturated rings. The van der Waals surface area contributed by atoms with Gasteiger partial charge in [0.25, 0.3) is 0 Å². The molecule has 1 heterocycles. The fourth-order valence-corrected chi connectivity index (χ4v) is 3.32. The monoisotopic (exact) mass is 253 g/mol. The summed E-state index contributed by atoms with van der Waals surface area (Å²) >= 11 is 2.06. The topological polar surface area (TPSA) is 75.9 Å².